The van der Waals surface area contributed by atoms with Crippen molar-refractivity contribution in [2.75, 3.05) is 0 Å². The van der Waals surface area contributed by atoms with Gasteiger partial charge in [0.25, 0.3) is 0 Å². The first-order valence-electron chi connectivity index (χ1n) is 8.55. The van der Waals surface area contributed by atoms with Crippen molar-refractivity contribution in [3.63, 3.8) is 0 Å². The minimum absolute atomic E-state index is 0.0397. The van der Waals surface area contributed by atoms with Gasteiger partial charge >= 0.3 is 0 Å². The zero-order valence-corrected chi connectivity index (χ0v) is 14.1. The summed E-state index contributed by atoms with van der Waals surface area (Å²) in [5, 5.41) is 10.3. The van der Waals surface area contributed by atoms with Crippen molar-refractivity contribution in [2.24, 2.45) is 0 Å². The second-order valence-electron chi connectivity index (χ2n) is 6.56. The molecule has 0 aliphatic heterocycles. The highest BCUT2D eigenvalue weighted by Crippen LogP contribution is 2.35. The molecule has 25 heavy (non-hydrogen) atoms. The van der Waals surface area contributed by atoms with Gasteiger partial charge in [-0.1, -0.05) is 54.6 Å². The summed E-state index contributed by atoms with van der Waals surface area (Å²) in [6.07, 6.45) is 0.547. The maximum absolute atomic E-state index is 11.9. The second kappa shape index (κ2) is 6.17. The summed E-state index contributed by atoms with van der Waals surface area (Å²) in [5.74, 6) is -0.0428. The summed E-state index contributed by atoms with van der Waals surface area (Å²) in [4.78, 5) is 22.9. The second-order valence-corrected chi connectivity index (χ2v) is 6.56. The molecular weight excluding hydrogens is 310 g/mol. The van der Waals surface area contributed by atoms with Crippen LogP contribution in [0.2, 0.25) is 0 Å². The van der Waals surface area contributed by atoms with Gasteiger partial charge in [0.1, 0.15) is 5.78 Å². The van der Waals surface area contributed by atoms with Crippen LogP contribution in [0, 0.1) is 0 Å². The van der Waals surface area contributed by atoms with Crippen molar-refractivity contribution in [3.8, 4) is 0 Å². The lowest BCUT2D eigenvalue weighted by molar-refractivity contribution is -0.124. The number of benzene rings is 4. The van der Waals surface area contributed by atoms with Crippen molar-refractivity contribution in [1.29, 1.82) is 0 Å². The third-order valence-corrected chi connectivity index (χ3v) is 4.80. The van der Waals surface area contributed by atoms with Crippen molar-refractivity contribution in [1.82, 2.24) is 5.32 Å². The van der Waals surface area contributed by atoms with Gasteiger partial charge in [-0.25, -0.2) is 0 Å². The van der Waals surface area contributed by atoms with Crippen LogP contribution in [0.4, 0.5) is 0 Å². The highest BCUT2D eigenvalue weighted by Gasteiger charge is 2.11. The lowest BCUT2D eigenvalue weighted by Gasteiger charge is -2.14. The Balaban J connectivity index is 1.72. The number of nitrogens with one attached hydrogen (secondary N) is 1. The molecule has 4 rings (SSSR count). The Bertz CT molecular complexity index is 1080. The third kappa shape index (κ3) is 2.82. The Hall–Kier alpha value is -2.94. The fraction of sp³-hybridized carbons (Fsp3) is 0.182. The number of Topliss-reactive ketones (excluding diaryl/α,β-unsaturated/α-hetero) is 1. The fourth-order valence-corrected chi connectivity index (χ4v) is 3.52. The molecule has 0 unspecified atom stereocenters. The minimum atomic E-state index is -0.0825. The smallest absolute Gasteiger partial charge is 0.220 e. The van der Waals surface area contributed by atoms with Crippen LogP contribution >= 0.6 is 0 Å². The molecule has 0 aliphatic rings. The molecule has 0 saturated heterocycles. The highest BCUT2D eigenvalue weighted by molar-refractivity contribution is 6.23. The number of rotatable bonds is 5. The minimum Gasteiger partial charge on any atom is -0.352 e. The van der Waals surface area contributed by atoms with Gasteiger partial charge in [0.05, 0.1) is 0 Å². The molecule has 124 valence electrons. The Labute approximate surface area is 146 Å². The van der Waals surface area contributed by atoms with E-state index in [-0.39, 0.29) is 18.1 Å². The van der Waals surface area contributed by atoms with Crippen LogP contribution in [-0.2, 0) is 16.1 Å². The molecule has 0 aromatic heterocycles. The quantitative estimate of drug-likeness (QED) is 0.545. The maximum atomic E-state index is 11.9. The number of amides is 1. The SMILES string of the molecule is CC(=O)CCC(=O)NCc1ccc2ccc3cccc4ccc1c2c34. The lowest BCUT2D eigenvalue weighted by Crippen LogP contribution is -2.23. The van der Waals surface area contributed by atoms with Gasteiger partial charge in [0.2, 0.25) is 5.91 Å². The number of ketones is 1. The molecule has 0 bridgehead atoms. The van der Waals surface area contributed by atoms with Crippen LogP contribution in [0.5, 0.6) is 0 Å². The van der Waals surface area contributed by atoms with Gasteiger partial charge < -0.3 is 10.1 Å². The Morgan fingerprint density at radius 1 is 0.800 bits per heavy atom. The van der Waals surface area contributed by atoms with Crippen molar-refractivity contribution >= 4 is 44.0 Å². The van der Waals surface area contributed by atoms with Crippen LogP contribution in [-0.4, -0.2) is 11.7 Å². The molecule has 3 nitrogen and oxygen atoms in total. The van der Waals surface area contributed by atoms with Gasteiger partial charge in [0, 0.05) is 19.4 Å². The zero-order valence-electron chi connectivity index (χ0n) is 14.1. The molecule has 4 aromatic rings. The molecule has 4 aromatic carbocycles. The lowest BCUT2D eigenvalue weighted by atomic mass is 9.92. The Kier molecular flexibility index (Phi) is 3.85. The van der Waals surface area contributed by atoms with Crippen LogP contribution < -0.4 is 5.32 Å². The largest absolute Gasteiger partial charge is 0.352 e. The van der Waals surface area contributed by atoms with E-state index in [9.17, 15) is 9.59 Å². The summed E-state index contributed by atoms with van der Waals surface area (Å²) in [6.45, 7) is 1.99. The zero-order chi connectivity index (χ0) is 17.4. The van der Waals surface area contributed by atoms with E-state index < -0.39 is 0 Å². The van der Waals surface area contributed by atoms with E-state index in [0.29, 0.717) is 13.0 Å². The van der Waals surface area contributed by atoms with Gasteiger partial charge in [-0.2, -0.15) is 0 Å². The van der Waals surface area contributed by atoms with Gasteiger partial charge in [0.15, 0.2) is 0 Å². The van der Waals surface area contributed by atoms with Crippen molar-refractivity contribution in [3.05, 3.63) is 60.2 Å². The molecular formula is C22H19NO2. The average molecular weight is 329 g/mol. The van der Waals surface area contributed by atoms with Crippen LogP contribution in [0.1, 0.15) is 25.3 Å². The van der Waals surface area contributed by atoms with E-state index in [1.807, 2.05) is 0 Å². The van der Waals surface area contributed by atoms with E-state index in [2.05, 4.69) is 59.9 Å². The summed E-state index contributed by atoms with van der Waals surface area (Å²) >= 11 is 0. The molecule has 1 N–H and O–H groups in total. The molecule has 0 atom stereocenters. The Morgan fingerprint density at radius 3 is 2.16 bits per heavy atom. The fourth-order valence-electron chi connectivity index (χ4n) is 3.52. The molecule has 0 fully saturated rings. The molecule has 3 heteroatoms. The highest BCUT2D eigenvalue weighted by atomic mass is 16.2. The summed E-state index contributed by atoms with van der Waals surface area (Å²) < 4.78 is 0. The summed E-state index contributed by atoms with van der Waals surface area (Å²) in [6, 6.07) is 19.1. The topological polar surface area (TPSA) is 46.2 Å². The first kappa shape index (κ1) is 15.6. The summed E-state index contributed by atoms with van der Waals surface area (Å²) in [5.41, 5.74) is 1.10. The first-order valence-corrected chi connectivity index (χ1v) is 8.55. The van der Waals surface area contributed by atoms with Crippen molar-refractivity contribution in [2.45, 2.75) is 26.3 Å². The van der Waals surface area contributed by atoms with E-state index in [1.54, 1.807) is 0 Å². The number of carbonyl (C=O) groups is 2. The number of carbonyl (C=O) groups excluding carboxylic acids is 2. The molecule has 0 heterocycles. The molecule has 0 spiro atoms. The maximum Gasteiger partial charge on any atom is 0.220 e. The molecule has 0 aliphatic carbocycles. The predicted octanol–water partition coefficient (Wildman–Crippen LogP) is 4.57. The van der Waals surface area contributed by atoms with E-state index in [4.69, 9.17) is 0 Å². The Morgan fingerprint density at radius 2 is 1.44 bits per heavy atom. The number of hydrogen-bond donors (Lipinski definition) is 1. The van der Waals surface area contributed by atoms with Crippen LogP contribution in [0.25, 0.3) is 32.3 Å². The van der Waals surface area contributed by atoms with Gasteiger partial charge in [-0.15, -0.1) is 0 Å². The molecule has 1 amide bonds. The van der Waals surface area contributed by atoms with Gasteiger partial charge in [-0.05, 0) is 44.8 Å². The van der Waals surface area contributed by atoms with E-state index in [1.165, 1.54) is 39.2 Å². The number of hydrogen-bond acceptors (Lipinski definition) is 2. The molecule has 0 saturated carbocycles. The van der Waals surface area contributed by atoms with E-state index in [0.717, 1.165) is 5.56 Å². The van der Waals surface area contributed by atoms with Crippen LogP contribution in [0.15, 0.2) is 54.6 Å². The predicted molar refractivity (Wildman–Crippen MR) is 102 cm³/mol. The van der Waals surface area contributed by atoms with Gasteiger partial charge in [-0.3, -0.25) is 4.79 Å². The van der Waals surface area contributed by atoms with Crippen LogP contribution in [0.3, 0.4) is 0 Å². The third-order valence-electron chi connectivity index (χ3n) is 4.80. The standard InChI is InChI=1S/C22H19NO2/c1-14(24)5-12-20(25)23-13-18-9-8-17-7-6-15-3-2-4-16-10-11-19(18)22(17)21(15)16/h2-4,6-11H,5,12-13H2,1H3,(H,23,25). The summed E-state index contributed by atoms with van der Waals surface area (Å²) in [7, 11) is 0. The van der Waals surface area contributed by atoms with E-state index >= 15 is 0 Å². The average Bonchev–Trinajstić information content (AvgIpc) is 2.63. The first-order chi connectivity index (χ1) is 12.1. The normalized spacial score (nSPS) is 11.4. The monoisotopic (exact) mass is 329 g/mol. The molecule has 0 radical (unpaired) electrons. The van der Waals surface area contributed by atoms with Crippen molar-refractivity contribution < 1.29 is 9.59 Å².